The third-order valence-corrected chi connectivity index (χ3v) is 6.40. The number of fused-ring (bicyclic) bond motifs is 1. The van der Waals surface area contributed by atoms with Crippen molar-refractivity contribution in [1.29, 1.82) is 0 Å². The smallest absolute Gasteiger partial charge is 0.406 e. The van der Waals surface area contributed by atoms with E-state index >= 15 is 0 Å². The summed E-state index contributed by atoms with van der Waals surface area (Å²) in [5.74, 6) is 0.121. The van der Waals surface area contributed by atoms with Crippen LogP contribution in [0.1, 0.15) is 36.5 Å². The second-order valence-corrected chi connectivity index (χ2v) is 9.39. The molecule has 0 N–H and O–H groups in total. The molecule has 0 atom stereocenters. The van der Waals surface area contributed by atoms with Crippen LogP contribution in [0, 0.1) is 0 Å². The Morgan fingerprint density at radius 1 is 1.09 bits per heavy atom. The van der Waals surface area contributed by atoms with Gasteiger partial charge in [0.1, 0.15) is 10.8 Å². The van der Waals surface area contributed by atoms with Gasteiger partial charge in [0.25, 0.3) is 0 Å². The molecule has 0 aliphatic carbocycles. The standard InChI is InChI=1S/C27H23F3N2O2S/c1-17(2)23-6-4-3-5-20(23)14-21(33)16-31-15-18-7-12-25-24(13-18)32-26(35-25)19-8-10-22(11-9-19)34-27(28,29)30/h3-13,15,17H,14,16H2,1-2H3. The summed E-state index contributed by atoms with van der Waals surface area (Å²) < 4.78 is 41.9. The molecule has 8 heteroatoms. The number of halogens is 3. The number of aliphatic imine (C=N–C) groups is 1. The van der Waals surface area contributed by atoms with E-state index in [-0.39, 0.29) is 18.1 Å². The van der Waals surface area contributed by atoms with Crippen molar-refractivity contribution < 1.29 is 22.7 Å². The van der Waals surface area contributed by atoms with Crippen LogP contribution >= 0.6 is 11.3 Å². The van der Waals surface area contributed by atoms with Crippen molar-refractivity contribution in [2.75, 3.05) is 6.54 Å². The van der Waals surface area contributed by atoms with Crippen molar-refractivity contribution in [3.8, 4) is 16.3 Å². The normalized spacial score (nSPS) is 12.1. The molecule has 3 aromatic carbocycles. The molecule has 0 aliphatic heterocycles. The van der Waals surface area contributed by atoms with Gasteiger partial charge >= 0.3 is 6.36 Å². The first-order chi connectivity index (χ1) is 16.7. The van der Waals surface area contributed by atoms with Gasteiger partial charge in [-0.15, -0.1) is 24.5 Å². The predicted molar refractivity (Wildman–Crippen MR) is 133 cm³/mol. The molecule has 0 spiro atoms. The van der Waals surface area contributed by atoms with Crippen LogP contribution in [0.2, 0.25) is 0 Å². The zero-order valence-electron chi connectivity index (χ0n) is 19.2. The van der Waals surface area contributed by atoms with E-state index in [2.05, 4.69) is 34.6 Å². The van der Waals surface area contributed by atoms with Gasteiger partial charge in [0.05, 0.1) is 16.8 Å². The number of ketones is 1. The zero-order chi connectivity index (χ0) is 25.0. The SMILES string of the molecule is CC(C)c1ccccc1CC(=O)CN=Cc1ccc2sc(-c3ccc(OC(F)(F)F)cc3)nc2c1. The lowest BCUT2D eigenvalue weighted by atomic mass is 9.94. The van der Waals surface area contributed by atoms with Crippen molar-refractivity contribution in [3.63, 3.8) is 0 Å². The van der Waals surface area contributed by atoms with Gasteiger partial charge in [-0.2, -0.15) is 0 Å². The summed E-state index contributed by atoms with van der Waals surface area (Å²) in [5.41, 5.74) is 4.48. The number of nitrogens with zero attached hydrogens (tertiary/aromatic N) is 2. The van der Waals surface area contributed by atoms with Crippen LogP contribution in [0.5, 0.6) is 5.75 Å². The third-order valence-electron chi connectivity index (χ3n) is 5.32. The number of thiazole rings is 1. The Bertz CT molecular complexity index is 1360. The highest BCUT2D eigenvalue weighted by molar-refractivity contribution is 7.21. The Morgan fingerprint density at radius 2 is 1.83 bits per heavy atom. The predicted octanol–water partition coefficient (Wildman–Crippen LogP) is 7.22. The van der Waals surface area contributed by atoms with Crippen molar-refractivity contribution in [2.24, 2.45) is 4.99 Å². The number of rotatable bonds is 8. The lowest BCUT2D eigenvalue weighted by Crippen LogP contribution is -2.16. The highest BCUT2D eigenvalue weighted by Crippen LogP contribution is 2.32. The summed E-state index contributed by atoms with van der Waals surface area (Å²) in [6, 6.07) is 19.3. The molecule has 35 heavy (non-hydrogen) atoms. The van der Waals surface area contributed by atoms with Crippen LogP contribution in [0.15, 0.2) is 71.7 Å². The Kier molecular flexibility index (Phi) is 7.31. The number of ether oxygens (including phenoxy) is 1. The number of Topliss-reactive ketones (excluding diaryl/α,β-unsaturated/α-hetero) is 1. The zero-order valence-corrected chi connectivity index (χ0v) is 20.0. The van der Waals surface area contributed by atoms with E-state index in [9.17, 15) is 18.0 Å². The molecule has 0 aliphatic rings. The second-order valence-electron chi connectivity index (χ2n) is 8.36. The molecule has 0 unspecified atom stereocenters. The molecule has 0 saturated carbocycles. The Hall–Kier alpha value is -3.52. The summed E-state index contributed by atoms with van der Waals surface area (Å²) in [4.78, 5) is 21.4. The number of benzene rings is 3. The van der Waals surface area contributed by atoms with E-state index in [1.165, 1.54) is 29.0 Å². The fraction of sp³-hybridized carbons (Fsp3) is 0.222. The van der Waals surface area contributed by atoms with E-state index in [1.807, 2.05) is 36.4 Å². The molecule has 0 saturated heterocycles. The van der Waals surface area contributed by atoms with Crippen molar-refractivity contribution >= 4 is 33.6 Å². The molecule has 180 valence electrons. The summed E-state index contributed by atoms with van der Waals surface area (Å²) in [7, 11) is 0. The number of hydrogen-bond donors (Lipinski definition) is 0. The first-order valence-electron chi connectivity index (χ1n) is 11.0. The van der Waals surface area contributed by atoms with Crippen LogP contribution in [0.4, 0.5) is 13.2 Å². The van der Waals surface area contributed by atoms with Gasteiger partial charge in [-0.3, -0.25) is 9.79 Å². The number of carbonyl (C=O) groups excluding carboxylic acids is 1. The molecule has 0 radical (unpaired) electrons. The van der Waals surface area contributed by atoms with Crippen LogP contribution in [-0.2, 0) is 11.2 Å². The van der Waals surface area contributed by atoms with Crippen molar-refractivity contribution in [3.05, 3.63) is 83.4 Å². The summed E-state index contributed by atoms with van der Waals surface area (Å²) in [5, 5.41) is 0.687. The monoisotopic (exact) mass is 496 g/mol. The van der Waals surface area contributed by atoms with E-state index in [0.29, 0.717) is 22.9 Å². The van der Waals surface area contributed by atoms with E-state index < -0.39 is 6.36 Å². The van der Waals surface area contributed by atoms with Crippen LogP contribution in [0.25, 0.3) is 20.8 Å². The summed E-state index contributed by atoms with van der Waals surface area (Å²) in [6.07, 6.45) is -2.71. The number of aromatic nitrogens is 1. The van der Waals surface area contributed by atoms with E-state index in [4.69, 9.17) is 0 Å². The summed E-state index contributed by atoms with van der Waals surface area (Å²) >= 11 is 1.44. The maximum absolute atomic E-state index is 12.5. The highest BCUT2D eigenvalue weighted by atomic mass is 32.1. The maximum atomic E-state index is 12.5. The fourth-order valence-electron chi connectivity index (χ4n) is 3.73. The highest BCUT2D eigenvalue weighted by Gasteiger charge is 2.31. The van der Waals surface area contributed by atoms with Gasteiger partial charge in [-0.25, -0.2) is 4.98 Å². The molecule has 0 amide bonds. The fourth-order valence-corrected chi connectivity index (χ4v) is 4.68. The van der Waals surface area contributed by atoms with Gasteiger partial charge in [0, 0.05) is 18.2 Å². The average molecular weight is 497 g/mol. The van der Waals surface area contributed by atoms with Gasteiger partial charge in [0.2, 0.25) is 0 Å². The van der Waals surface area contributed by atoms with Crippen molar-refractivity contribution in [2.45, 2.75) is 32.5 Å². The second kappa shape index (κ2) is 10.4. The van der Waals surface area contributed by atoms with Crippen LogP contribution in [-0.4, -0.2) is 29.9 Å². The van der Waals surface area contributed by atoms with Gasteiger partial charge < -0.3 is 4.74 Å². The Labute approximate surface area is 205 Å². The van der Waals surface area contributed by atoms with E-state index in [0.717, 1.165) is 21.3 Å². The maximum Gasteiger partial charge on any atom is 0.573 e. The minimum atomic E-state index is -4.72. The summed E-state index contributed by atoms with van der Waals surface area (Å²) in [6.45, 7) is 4.32. The topological polar surface area (TPSA) is 51.5 Å². The van der Waals surface area contributed by atoms with Crippen LogP contribution < -0.4 is 4.74 Å². The Morgan fingerprint density at radius 3 is 2.54 bits per heavy atom. The number of alkyl halides is 3. The Balaban J connectivity index is 1.42. The molecule has 1 aromatic heterocycles. The third kappa shape index (κ3) is 6.54. The molecule has 0 fully saturated rings. The molecular formula is C27H23F3N2O2S. The van der Waals surface area contributed by atoms with Crippen molar-refractivity contribution in [1.82, 2.24) is 4.98 Å². The average Bonchev–Trinajstić information content (AvgIpc) is 3.22. The molecule has 4 rings (SSSR count). The van der Waals surface area contributed by atoms with Crippen LogP contribution in [0.3, 0.4) is 0 Å². The first-order valence-corrected chi connectivity index (χ1v) is 11.9. The molecule has 0 bridgehead atoms. The number of carbonyl (C=O) groups is 1. The molecule has 4 nitrogen and oxygen atoms in total. The van der Waals surface area contributed by atoms with Gasteiger partial charge in [0.15, 0.2) is 5.78 Å². The minimum absolute atomic E-state index is 0.0457. The quantitative estimate of drug-likeness (QED) is 0.242. The lowest BCUT2D eigenvalue weighted by molar-refractivity contribution is -0.274. The van der Waals surface area contributed by atoms with Gasteiger partial charge in [-0.05, 0) is 59.0 Å². The largest absolute Gasteiger partial charge is 0.573 e. The molecular weight excluding hydrogens is 473 g/mol. The molecule has 1 heterocycles. The lowest BCUT2D eigenvalue weighted by Gasteiger charge is -2.11. The van der Waals surface area contributed by atoms with Gasteiger partial charge in [-0.1, -0.05) is 44.2 Å². The minimum Gasteiger partial charge on any atom is -0.406 e. The molecule has 4 aromatic rings. The van der Waals surface area contributed by atoms with E-state index in [1.54, 1.807) is 18.3 Å². The first kappa shape index (κ1) is 24.6. The number of hydrogen-bond acceptors (Lipinski definition) is 5.